The molecule has 2 rings (SSSR count). The normalized spacial score (nSPS) is 27.5. The molecule has 0 saturated carbocycles. The molecule has 1 aromatic rings. The molecule has 1 aliphatic rings. The van der Waals surface area contributed by atoms with E-state index in [0.717, 1.165) is 18.9 Å². The summed E-state index contributed by atoms with van der Waals surface area (Å²) in [6.07, 6.45) is 4.00. The lowest BCUT2D eigenvalue weighted by Crippen LogP contribution is -2.23. The van der Waals surface area contributed by atoms with Gasteiger partial charge in [0.15, 0.2) is 0 Å². The highest BCUT2D eigenvalue weighted by atomic mass is 16.5. The van der Waals surface area contributed by atoms with Crippen molar-refractivity contribution in [3.63, 3.8) is 0 Å². The van der Waals surface area contributed by atoms with Gasteiger partial charge in [-0.25, -0.2) is 0 Å². The highest BCUT2D eigenvalue weighted by Gasteiger charge is 2.21. The molecule has 0 unspecified atom stereocenters. The minimum atomic E-state index is 0.481. The Kier molecular flexibility index (Phi) is 3.20. The number of benzene rings is 1. The second-order valence-electron chi connectivity index (χ2n) is 4.03. The predicted molar refractivity (Wildman–Crippen MR) is 58.4 cm³/mol. The molecule has 0 aliphatic carbocycles. The molecule has 1 saturated heterocycles. The number of hydrogen-bond donors (Lipinski definition) is 0. The van der Waals surface area contributed by atoms with Crippen LogP contribution >= 0.6 is 0 Å². The third-order valence-corrected chi connectivity index (χ3v) is 3.09. The zero-order chi connectivity index (χ0) is 9.80. The molecule has 0 N–H and O–H groups in total. The first kappa shape index (κ1) is 9.72. The molecule has 0 amide bonds. The van der Waals surface area contributed by atoms with Crippen LogP contribution < -0.4 is 0 Å². The van der Waals surface area contributed by atoms with Crippen LogP contribution in [-0.4, -0.2) is 12.7 Å². The highest BCUT2D eigenvalue weighted by molar-refractivity contribution is 5.19. The van der Waals surface area contributed by atoms with Gasteiger partial charge in [-0.05, 0) is 30.7 Å². The van der Waals surface area contributed by atoms with Gasteiger partial charge in [0, 0.05) is 6.61 Å². The molecule has 0 spiro atoms. The Balaban J connectivity index is 2.04. The van der Waals surface area contributed by atoms with E-state index < -0.39 is 0 Å². The Hall–Kier alpha value is -0.820. The zero-order valence-electron chi connectivity index (χ0n) is 8.78. The van der Waals surface area contributed by atoms with E-state index in [1.807, 2.05) is 0 Å². The largest absolute Gasteiger partial charge is 0.378 e. The van der Waals surface area contributed by atoms with Gasteiger partial charge in [0.05, 0.1) is 6.10 Å². The van der Waals surface area contributed by atoms with Crippen LogP contribution in [0.4, 0.5) is 0 Å². The van der Waals surface area contributed by atoms with Crippen molar-refractivity contribution in [3.8, 4) is 0 Å². The van der Waals surface area contributed by atoms with Crippen molar-refractivity contribution in [1.29, 1.82) is 0 Å². The molecule has 14 heavy (non-hydrogen) atoms. The summed E-state index contributed by atoms with van der Waals surface area (Å²) < 4.78 is 5.68. The number of ether oxygens (including phenoxy) is 1. The second-order valence-corrected chi connectivity index (χ2v) is 4.03. The third kappa shape index (κ3) is 2.16. The number of hydrogen-bond acceptors (Lipinski definition) is 1. The van der Waals surface area contributed by atoms with E-state index in [-0.39, 0.29) is 0 Å². The molecule has 0 aromatic heterocycles. The Morgan fingerprint density at radius 1 is 1.29 bits per heavy atom. The number of rotatable bonds is 2. The van der Waals surface area contributed by atoms with Crippen molar-refractivity contribution in [2.24, 2.45) is 0 Å². The van der Waals surface area contributed by atoms with E-state index >= 15 is 0 Å². The van der Waals surface area contributed by atoms with E-state index in [4.69, 9.17) is 4.74 Å². The van der Waals surface area contributed by atoms with Crippen LogP contribution in [0.25, 0.3) is 0 Å². The van der Waals surface area contributed by atoms with Crippen molar-refractivity contribution >= 4 is 0 Å². The van der Waals surface area contributed by atoms with Crippen molar-refractivity contribution in [3.05, 3.63) is 35.9 Å². The Morgan fingerprint density at radius 2 is 2.07 bits per heavy atom. The molecule has 1 nitrogen and oxygen atoms in total. The first-order valence-corrected chi connectivity index (χ1v) is 5.56. The molecule has 1 heterocycles. The summed E-state index contributed by atoms with van der Waals surface area (Å²) in [7, 11) is 0. The smallest absolute Gasteiger partial charge is 0.0578 e. The molecule has 2 atom stereocenters. The first-order chi connectivity index (χ1) is 6.90. The van der Waals surface area contributed by atoms with Crippen LogP contribution in [0.5, 0.6) is 0 Å². The van der Waals surface area contributed by atoms with Crippen molar-refractivity contribution < 1.29 is 4.74 Å². The minimum Gasteiger partial charge on any atom is -0.378 e. The summed E-state index contributed by atoms with van der Waals surface area (Å²) >= 11 is 0. The molecule has 1 heteroatoms. The lowest BCUT2D eigenvalue weighted by atomic mass is 9.88. The Labute approximate surface area is 86.1 Å². The quantitative estimate of drug-likeness (QED) is 0.695. The summed E-state index contributed by atoms with van der Waals surface area (Å²) in [5.41, 5.74) is 1.48. The fraction of sp³-hybridized carbons (Fsp3) is 0.538. The Bertz CT molecular complexity index is 268. The van der Waals surface area contributed by atoms with Crippen LogP contribution in [-0.2, 0) is 4.74 Å². The van der Waals surface area contributed by atoms with Gasteiger partial charge < -0.3 is 4.74 Å². The van der Waals surface area contributed by atoms with Gasteiger partial charge in [-0.2, -0.15) is 0 Å². The van der Waals surface area contributed by atoms with Gasteiger partial charge in [-0.3, -0.25) is 0 Å². The van der Waals surface area contributed by atoms with E-state index in [9.17, 15) is 0 Å². The van der Waals surface area contributed by atoms with Crippen LogP contribution in [0.2, 0.25) is 0 Å². The van der Waals surface area contributed by atoms with Crippen molar-refractivity contribution in [2.45, 2.75) is 38.2 Å². The SMILES string of the molecule is CC[C@@H]1C[C@H](c2ccccc2)CCO1. The zero-order valence-corrected chi connectivity index (χ0v) is 8.78. The van der Waals surface area contributed by atoms with E-state index in [0.29, 0.717) is 6.10 Å². The lowest BCUT2D eigenvalue weighted by Gasteiger charge is -2.29. The lowest BCUT2D eigenvalue weighted by molar-refractivity contribution is 0.00485. The molecule has 1 fully saturated rings. The van der Waals surface area contributed by atoms with Crippen molar-refractivity contribution in [1.82, 2.24) is 0 Å². The predicted octanol–water partition coefficient (Wildman–Crippen LogP) is 3.36. The van der Waals surface area contributed by atoms with Crippen LogP contribution in [0, 0.1) is 0 Å². The molecule has 1 aromatic carbocycles. The topological polar surface area (TPSA) is 9.23 Å². The van der Waals surface area contributed by atoms with E-state index in [2.05, 4.69) is 37.3 Å². The van der Waals surface area contributed by atoms with Gasteiger partial charge >= 0.3 is 0 Å². The standard InChI is InChI=1S/C13H18O/c1-2-13-10-12(8-9-14-13)11-6-4-3-5-7-11/h3-7,12-13H,2,8-10H2,1H3/t12-,13-/m1/s1. The van der Waals surface area contributed by atoms with Gasteiger partial charge in [0.1, 0.15) is 0 Å². The first-order valence-electron chi connectivity index (χ1n) is 5.56. The maximum Gasteiger partial charge on any atom is 0.0578 e. The molecule has 1 aliphatic heterocycles. The van der Waals surface area contributed by atoms with Crippen molar-refractivity contribution in [2.75, 3.05) is 6.61 Å². The fourth-order valence-electron chi connectivity index (χ4n) is 2.19. The minimum absolute atomic E-state index is 0.481. The summed E-state index contributed by atoms with van der Waals surface area (Å²) in [5.74, 6) is 0.717. The summed E-state index contributed by atoms with van der Waals surface area (Å²) in [6, 6.07) is 10.8. The molecule has 0 bridgehead atoms. The van der Waals surface area contributed by atoms with E-state index in [1.165, 1.54) is 18.4 Å². The second kappa shape index (κ2) is 4.61. The average molecular weight is 190 g/mol. The molecule has 0 radical (unpaired) electrons. The maximum absolute atomic E-state index is 5.68. The average Bonchev–Trinajstić information content (AvgIpc) is 2.30. The fourth-order valence-corrected chi connectivity index (χ4v) is 2.19. The van der Waals surface area contributed by atoms with Gasteiger partial charge in [-0.15, -0.1) is 0 Å². The summed E-state index contributed by atoms with van der Waals surface area (Å²) in [5, 5.41) is 0. The monoisotopic (exact) mass is 190 g/mol. The maximum atomic E-state index is 5.68. The van der Waals surface area contributed by atoms with Gasteiger partial charge in [-0.1, -0.05) is 37.3 Å². The summed E-state index contributed by atoms with van der Waals surface area (Å²) in [4.78, 5) is 0. The molecular weight excluding hydrogens is 172 g/mol. The molecular formula is C13H18O. The van der Waals surface area contributed by atoms with Gasteiger partial charge in [0.2, 0.25) is 0 Å². The summed E-state index contributed by atoms with van der Waals surface area (Å²) in [6.45, 7) is 3.14. The molecule has 76 valence electrons. The van der Waals surface area contributed by atoms with Gasteiger partial charge in [0.25, 0.3) is 0 Å². The van der Waals surface area contributed by atoms with E-state index in [1.54, 1.807) is 0 Å². The van der Waals surface area contributed by atoms with Crippen LogP contribution in [0.15, 0.2) is 30.3 Å². The van der Waals surface area contributed by atoms with Crippen LogP contribution in [0.1, 0.15) is 37.7 Å². The van der Waals surface area contributed by atoms with Crippen LogP contribution in [0.3, 0.4) is 0 Å². The Morgan fingerprint density at radius 3 is 2.79 bits per heavy atom. The highest BCUT2D eigenvalue weighted by Crippen LogP contribution is 2.30. The third-order valence-electron chi connectivity index (χ3n) is 3.09.